The van der Waals surface area contributed by atoms with Gasteiger partial charge < -0.3 is 15.7 Å². The number of aromatic nitrogens is 1. The summed E-state index contributed by atoms with van der Waals surface area (Å²) >= 11 is 0. The van der Waals surface area contributed by atoms with Gasteiger partial charge in [0.15, 0.2) is 11.6 Å². The summed E-state index contributed by atoms with van der Waals surface area (Å²) in [5, 5.41) is 15.3. The molecule has 1 fully saturated rings. The Bertz CT molecular complexity index is 408. The van der Waals surface area contributed by atoms with Gasteiger partial charge in [0.2, 0.25) is 5.91 Å². The Morgan fingerprint density at radius 1 is 1.65 bits per heavy atom. The minimum Gasteiger partial charge on any atom is -0.504 e. The number of nitrogens with one attached hydrogen (secondary N) is 2. The standard InChI is InChI=1S/C12H17N3O2/c1-8-4-6-13-9(7-8)12(17)15-11-10(16)3-2-5-14-11/h2-3,5,8-9,13,16H,4,6-7H2,1H3,(H,14,15,17). The van der Waals surface area contributed by atoms with E-state index in [1.807, 2.05) is 0 Å². The summed E-state index contributed by atoms with van der Waals surface area (Å²) in [4.78, 5) is 15.9. The average Bonchev–Trinajstić information content (AvgIpc) is 2.32. The summed E-state index contributed by atoms with van der Waals surface area (Å²) in [5.41, 5.74) is 0. The first-order valence-corrected chi connectivity index (χ1v) is 5.85. The molecule has 1 aromatic rings. The first-order valence-electron chi connectivity index (χ1n) is 5.85. The summed E-state index contributed by atoms with van der Waals surface area (Å²) < 4.78 is 0. The van der Waals surface area contributed by atoms with Crippen LogP contribution in [0.1, 0.15) is 19.8 Å². The Morgan fingerprint density at radius 2 is 2.47 bits per heavy atom. The van der Waals surface area contributed by atoms with Crippen LogP contribution in [0.4, 0.5) is 5.82 Å². The van der Waals surface area contributed by atoms with E-state index in [0.29, 0.717) is 5.92 Å². The zero-order valence-corrected chi connectivity index (χ0v) is 9.81. The predicted octanol–water partition coefficient (Wildman–Crippen LogP) is 1.11. The lowest BCUT2D eigenvalue weighted by atomic mass is 9.94. The molecule has 2 atom stereocenters. The van der Waals surface area contributed by atoms with Crippen molar-refractivity contribution in [3.63, 3.8) is 0 Å². The fourth-order valence-electron chi connectivity index (χ4n) is 2.00. The van der Waals surface area contributed by atoms with Gasteiger partial charge in [-0.25, -0.2) is 4.98 Å². The van der Waals surface area contributed by atoms with Crippen LogP contribution in [0.3, 0.4) is 0 Å². The van der Waals surface area contributed by atoms with Crippen LogP contribution in [0.5, 0.6) is 5.75 Å². The molecule has 5 heteroatoms. The molecule has 1 aromatic heterocycles. The summed E-state index contributed by atoms with van der Waals surface area (Å²) in [6, 6.07) is 2.92. The van der Waals surface area contributed by atoms with Gasteiger partial charge in [-0.15, -0.1) is 0 Å². The van der Waals surface area contributed by atoms with Gasteiger partial charge in [-0.05, 0) is 37.4 Å². The highest BCUT2D eigenvalue weighted by atomic mass is 16.3. The van der Waals surface area contributed by atoms with Gasteiger partial charge in [-0.3, -0.25) is 4.79 Å². The van der Waals surface area contributed by atoms with Crippen LogP contribution >= 0.6 is 0 Å². The van der Waals surface area contributed by atoms with Crippen molar-refractivity contribution in [3.05, 3.63) is 18.3 Å². The van der Waals surface area contributed by atoms with E-state index in [4.69, 9.17) is 0 Å². The van der Waals surface area contributed by atoms with Crippen molar-refractivity contribution in [1.29, 1.82) is 0 Å². The number of carbonyl (C=O) groups excluding carboxylic acids is 1. The summed E-state index contributed by atoms with van der Waals surface area (Å²) in [7, 11) is 0. The Morgan fingerprint density at radius 3 is 3.18 bits per heavy atom. The SMILES string of the molecule is CC1CCNC(C(=O)Nc2ncccc2O)C1. The molecule has 0 saturated carbocycles. The van der Waals surface area contributed by atoms with E-state index in [1.54, 1.807) is 6.07 Å². The fraction of sp³-hybridized carbons (Fsp3) is 0.500. The van der Waals surface area contributed by atoms with Crippen molar-refractivity contribution in [2.45, 2.75) is 25.8 Å². The summed E-state index contributed by atoms with van der Waals surface area (Å²) in [6.45, 7) is 2.99. The number of piperidine rings is 1. The van der Waals surface area contributed by atoms with Crippen molar-refractivity contribution < 1.29 is 9.90 Å². The molecule has 17 heavy (non-hydrogen) atoms. The van der Waals surface area contributed by atoms with Crippen molar-refractivity contribution in [3.8, 4) is 5.75 Å². The number of carbonyl (C=O) groups is 1. The normalized spacial score (nSPS) is 24.3. The zero-order chi connectivity index (χ0) is 12.3. The molecular weight excluding hydrogens is 218 g/mol. The van der Waals surface area contributed by atoms with Gasteiger partial charge in [0.25, 0.3) is 0 Å². The molecule has 5 nitrogen and oxygen atoms in total. The van der Waals surface area contributed by atoms with Gasteiger partial charge in [0.1, 0.15) is 0 Å². The molecule has 0 spiro atoms. The lowest BCUT2D eigenvalue weighted by Gasteiger charge is -2.27. The maximum atomic E-state index is 11.9. The third-order valence-corrected chi connectivity index (χ3v) is 3.01. The molecule has 1 amide bonds. The smallest absolute Gasteiger partial charge is 0.242 e. The maximum Gasteiger partial charge on any atom is 0.242 e. The first-order chi connectivity index (χ1) is 8.16. The third kappa shape index (κ3) is 2.94. The van der Waals surface area contributed by atoms with Crippen LogP contribution in [0.25, 0.3) is 0 Å². The number of amides is 1. The minimum atomic E-state index is -0.194. The highest BCUT2D eigenvalue weighted by Gasteiger charge is 2.25. The van der Waals surface area contributed by atoms with E-state index in [0.717, 1.165) is 19.4 Å². The molecule has 3 N–H and O–H groups in total. The molecule has 2 heterocycles. The van der Waals surface area contributed by atoms with Crippen molar-refractivity contribution >= 4 is 11.7 Å². The molecule has 0 bridgehead atoms. The Balaban J connectivity index is 1.99. The van der Waals surface area contributed by atoms with Crippen LogP contribution in [-0.2, 0) is 4.79 Å². The fourth-order valence-corrected chi connectivity index (χ4v) is 2.00. The Hall–Kier alpha value is -1.62. The van der Waals surface area contributed by atoms with E-state index in [1.165, 1.54) is 12.3 Å². The molecule has 0 radical (unpaired) electrons. The number of anilines is 1. The molecule has 1 aliphatic rings. The van der Waals surface area contributed by atoms with Gasteiger partial charge in [-0.1, -0.05) is 6.92 Å². The number of aromatic hydroxyl groups is 1. The summed E-state index contributed by atoms with van der Waals surface area (Å²) in [6.07, 6.45) is 3.45. The lowest BCUT2D eigenvalue weighted by molar-refractivity contribution is -0.119. The quantitative estimate of drug-likeness (QED) is 0.718. The number of hydrogen-bond donors (Lipinski definition) is 3. The van der Waals surface area contributed by atoms with E-state index < -0.39 is 0 Å². The van der Waals surface area contributed by atoms with Gasteiger partial charge in [0.05, 0.1) is 6.04 Å². The monoisotopic (exact) mass is 235 g/mol. The first kappa shape index (κ1) is 11.9. The molecule has 0 aromatic carbocycles. The minimum absolute atomic E-state index is 0.00953. The maximum absolute atomic E-state index is 11.9. The van der Waals surface area contributed by atoms with Crippen LogP contribution in [0, 0.1) is 5.92 Å². The second kappa shape index (κ2) is 5.14. The van der Waals surface area contributed by atoms with Crippen molar-refractivity contribution in [2.24, 2.45) is 5.92 Å². The van der Waals surface area contributed by atoms with Crippen LogP contribution in [-0.4, -0.2) is 28.6 Å². The van der Waals surface area contributed by atoms with E-state index in [9.17, 15) is 9.90 Å². The third-order valence-electron chi connectivity index (χ3n) is 3.01. The Labute approximate surface area is 100 Å². The van der Waals surface area contributed by atoms with Crippen LogP contribution in [0.15, 0.2) is 18.3 Å². The molecule has 2 unspecified atom stereocenters. The van der Waals surface area contributed by atoms with Gasteiger partial charge in [0, 0.05) is 6.20 Å². The molecule has 2 rings (SSSR count). The Kier molecular flexibility index (Phi) is 3.58. The van der Waals surface area contributed by atoms with E-state index in [2.05, 4.69) is 22.5 Å². The number of hydrogen-bond acceptors (Lipinski definition) is 4. The predicted molar refractivity (Wildman–Crippen MR) is 64.7 cm³/mol. The molecule has 1 saturated heterocycles. The largest absolute Gasteiger partial charge is 0.504 e. The van der Waals surface area contributed by atoms with Crippen molar-refractivity contribution in [2.75, 3.05) is 11.9 Å². The van der Waals surface area contributed by atoms with Crippen LogP contribution in [0.2, 0.25) is 0 Å². The number of nitrogens with zero attached hydrogens (tertiary/aromatic N) is 1. The lowest BCUT2D eigenvalue weighted by Crippen LogP contribution is -2.45. The topological polar surface area (TPSA) is 74.2 Å². The summed E-state index contributed by atoms with van der Waals surface area (Å²) in [5.74, 6) is 0.622. The second-order valence-electron chi connectivity index (χ2n) is 4.50. The number of rotatable bonds is 2. The van der Waals surface area contributed by atoms with Gasteiger partial charge >= 0.3 is 0 Å². The molecular formula is C12H17N3O2. The molecule has 1 aliphatic heterocycles. The second-order valence-corrected chi connectivity index (χ2v) is 4.50. The molecule has 0 aliphatic carbocycles. The molecule has 92 valence electrons. The average molecular weight is 235 g/mol. The van der Waals surface area contributed by atoms with Gasteiger partial charge in [-0.2, -0.15) is 0 Å². The highest BCUT2D eigenvalue weighted by Crippen LogP contribution is 2.20. The zero-order valence-electron chi connectivity index (χ0n) is 9.81. The van der Waals surface area contributed by atoms with E-state index in [-0.39, 0.29) is 23.5 Å². The number of pyridine rings is 1. The van der Waals surface area contributed by atoms with Crippen molar-refractivity contribution in [1.82, 2.24) is 10.3 Å². The van der Waals surface area contributed by atoms with Crippen LogP contribution < -0.4 is 10.6 Å². The van der Waals surface area contributed by atoms with E-state index >= 15 is 0 Å². The highest BCUT2D eigenvalue weighted by molar-refractivity contribution is 5.95.